The lowest BCUT2D eigenvalue weighted by atomic mass is 9.78. The highest BCUT2D eigenvalue weighted by Gasteiger charge is 2.45. The summed E-state index contributed by atoms with van der Waals surface area (Å²) in [6.07, 6.45) is 0. The van der Waals surface area contributed by atoms with Crippen molar-refractivity contribution in [1.82, 2.24) is 0 Å². The molecule has 2 atom stereocenters. The van der Waals surface area contributed by atoms with Crippen LogP contribution in [-0.2, 0) is 4.74 Å². The Labute approximate surface area is 105 Å². The van der Waals surface area contributed by atoms with Crippen LogP contribution in [0.15, 0.2) is 18.2 Å². The number of halogens is 1. The second-order valence-electron chi connectivity index (χ2n) is 4.71. The lowest BCUT2D eigenvalue weighted by Crippen LogP contribution is -2.44. The summed E-state index contributed by atoms with van der Waals surface area (Å²) in [5.41, 5.74) is 5.03. The molecular weight excluding hydrogens is 237 g/mol. The summed E-state index contributed by atoms with van der Waals surface area (Å²) >= 11 is 0. The molecule has 1 fully saturated rings. The Morgan fingerprint density at radius 2 is 2.33 bits per heavy atom. The zero-order chi connectivity index (χ0) is 13.3. The van der Waals surface area contributed by atoms with Gasteiger partial charge in [-0.3, -0.25) is 4.79 Å². The SMILES string of the molecule is COc1ccc(C(=O)C2(C)COCC2N)c(F)c1. The maximum Gasteiger partial charge on any atom is 0.175 e. The lowest BCUT2D eigenvalue weighted by molar-refractivity contribution is 0.0763. The first kappa shape index (κ1) is 13.0. The first-order chi connectivity index (χ1) is 8.49. The maximum atomic E-state index is 13.9. The van der Waals surface area contributed by atoms with Crippen LogP contribution in [0.4, 0.5) is 4.39 Å². The summed E-state index contributed by atoms with van der Waals surface area (Å²) in [6.45, 7) is 2.25. The Hall–Kier alpha value is -1.46. The Morgan fingerprint density at radius 1 is 1.61 bits per heavy atom. The van der Waals surface area contributed by atoms with Crippen molar-refractivity contribution in [3.05, 3.63) is 29.6 Å². The van der Waals surface area contributed by atoms with Crippen LogP contribution in [0.5, 0.6) is 5.75 Å². The molecule has 1 aromatic rings. The van der Waals surface area contributed by atoms with E-state index in [4.69, 9.17) is 15.2 Å². The van der Waals surface area contributed by atoms with Gasteiger partial charge < -0.3 is 15.2 Å². The number of Topliss-reactive ketones (excluding diaryl/α,β-unsaturated/α-hetero) is 1. The number of carbonyl (C=O) groups excluding carboxylic acids is 1. The number of methoxy groups -OCH3 is 1. The number of ether oxygens (including phenoxy) is 2. The molecule has 98 valence electrons. The molecule has 1 aliphatic rings. The standard InChI is InChI=1S/C13H16FNO3/c1-13(7-18-6-11(13)15)12(16)9-4-3-8(17-2)5-10(9)14/h3-5,11H,6-7,15H2,1-2H3. The summed E-state index contributed by atoms with van der Waals surface area (Å²) in [6, 6.07) is 3.76. The van der Waals surface area contributed by atoms with Gasteiger partial charge in [-0.15, -0.1) is 0 Å². The van der Waals surface area contributed by atoms with Crippen molar-refractivity contribution in [3.63, 3.8) is 0 Å². The highest BCUT2D eigenvalue weighted by atomic mass is 19.1. The van der Waals surface area contributed by atoms with Crippen molar-refractivity contribution in [1.29, 1.82) is 0 Å². The van der Waals surface area contributed by atoms with Crippen molar-refractivity contribution in [2.45, 2.75) is 13.0 Å². The zero-order valence-corrected chi connectivity index (χ0v) is 10.4. The van der Waals surface area contributed by atoms with E-state index in [9.17, 15) is 9.18 Å². The van der Waals surface area contributed by atoms with Crippen molar-refractivity contribution < 1.29 is 18.7 Å². The predicted molar refractivity (Wildman–Crippen MR) is 64.2 cm³/mol. The van der Waals surface area contributed by atoms with Crippen molar-refractivity contribution in [2.75, 3.05) is 20.3 Å². The third-order valence-electron chi connectivity index (χ3n) is 3.46. The summed E-state index contributed by atoms with van der Waals surface area (Å²) in [5, 5.41) is 0. The summed E-state index contributed by atoms with van der Waals surface area (Å²) in [4.78, 5) is 12.4. The summed E-state index contributed by atoms with van der Waals surface area (Å²) < 4.78 is 24.0. The molecule has 18 heavy (non-hydrogen) atoms. The van der Waals surface area contributed by atoms with Crippen molar-refractivity contribution in [3.8, 4) is 5.75 Å². The monoisotopic (exact) mass is 253 g/mol. The van der Waals surface area contributed by atoms with Crippen LogP contribution in [0.25, 0.3) is 0 Å². The first-order valence-electron chi connectivity index (χ1n) is 5.70. The summed E-state index contributed by atoms with van der Waals surface area (Å²) in [5.74, 6) is -0.548. The van der Waals surface area contributed by atoms with Crippen LogP contribution >= 0.6 is 0 Å². The van der Waals surface area contributed by atoms with E-state index in [1.807, 2.05) is 0 Å². The van der Waals surface area contributed by atoms with E-state index in [2.05, 4.69) is 0 Å². The number of benzene rings is 1. The van der Waals surface area contributed by atoms with Gasteiger partial charge in [0.15, 0.2) is 5.78 Å². The molecule has 1 heterocycles. The molecule has 0 spiro atoms. The second kappa shape index (κ2) is 4.66. The molecule has 0 saturated carbocycles. The molecule has 0 bridgehead atoms. The molecule has 0 amide bonds. The molecule has 2 rings (SSSR count). The van der Waals surface area contributed by atoms with E-state index in [0.717, 1.165) is 0 Å². The van der Waals surface area contributed by atoms with Crippen LogP contribution in [0.2, 0.25) is 0 Å². The first-order valence-corrected chi connectivity index (χ1v) is 5.70. The van der Waals surface area contributed by atoms with Gasteiger partial charge in [0, 0.05) is 12.1 Å². The van der Waals surface area contributed by atoms with Gasteiger partial charge in [0.1, 0.15) is 11.6 Å². The van der Waals surface area contributed by atoms with Gasteiger partial charge in [-0.05, 0) is 19.1 Å². The summed E-state index contributed by atoms with van der Waals surface area (Å²) in [7, 11) is 1.44. The highest BCUT2D eigenvalue weighted by molar-refractivity contribution is 6.01. The fourth-order valence-corrected chi connectivity index (χ4v) is 2.04. The van der Waals surface area contributed by atoms with Crippen LogP contribution in [0.3, 0.4) is 0 Å². The second-order valence-corrected chi connectivity index (χ2v) is 4.71. The molecule has 2 N–H and O–H groups in total. The van der Waals surface area contributed by atoms with Gasteiger partial charge in [0.05, 0.1) is 31.3 Å². The molecule has 2 unspecified atom stereocenters. The van der Waals surface area contributed by atoms with Gasteiger partial charge in [0.25, 0.3) is 0 Å². The Morgan fingerprint density at radius 3 is 2.83 bits per heavy atom. The fourth-order valence-electron chi connectivity index (χ4n) is 2.04. The van der Waals surface area contributed by atoms with Crippen molar-refractivity contribution >= 4 is 5.78 Å². The van der Waals surface area contributed by atoms with E-state index in [1.54, 1.807) is 13.0 Å². The highest BCUT2D eigenvalue weighted by Crippen LogP contribution is 2.32. The van der Waals surface area contributed by atoms with E-state index < -0.39 is 17.3 Å². The van der Waals surface area contributed by atoms with E-state index >= 15 is 0 Å². The molecule has 1 saturated heterocycles. The maximum absolute atomic E-state index is 13.9. The minimum Gasteiger partial charge on any atom is -0.497 e. The number of ketones is 1. The Bertz CT molecular complexity index is 477. The minimum atomic E-state index is -0.866. The smallest absolute Gasteiger partial charge is 0.175 e. The molecule has 0 radical (unpaired) electrons. The molecule has 1 aliphatic heterocycles. The Kier molecular flexibility index (Phi) is 3.36. The Balaban J connectivity index is 2.34. The lowest BCUT2D eigenvalue weighted by Gasteiger charge is -2.25. The molecular formula is C13H16FNO3. The van der Waals surface area contributed by atoms with E-state index in [0.29, 0.717) is 12.4 Å². The largest absolute Gasteiger partial charge is 0.497 e. The van der Waals surface area contributed by atoms with E-state index in [-0.39, 0.29) is 18.0 Å². The van der Waals surface area contributed by atoms with Crippen LogP contribution in [-0.4, -0.2) is 32.1 Å². The molecule has 0 aromatic heterocycles. The van der Waals surface area contributed by atoms with Crippen LogP contribution < -0.4 is 10.5 Å². The average molecular weight is 253 g/mol. The van der Waals surface area contributed by atoms with E-state index in [1.165, 1.54) is 19.2 Å². The number of carbonyl (C=O) groups is 1. The number of nitrogens with two attached hydrogens (primary N) is 1. The third kappa shape index (κ3) is 2.00. The van der Waals surface area contributed by atoms with Crippen LogP contribution in [0, 0.1) is 11.2 Å². The molecule has 5 heteroatoms. The van der Waals surface area contributed by atoms with Gasteiger partial charge in [-0.1, -0.05) is 0 Å². The topological polar surface area (TPSA) is 61.5 Å². The fraction of sp³-hybridized carbons (Fsp3) is 0.462. The normalized spacial score (nSPS) is 27.2. The average Bonchev–Trinajstić information content (AvgIpc) is 2.70. The van der Waals surface area contributed by atoms with Gasteiger partial charge in [-0.2, -0.15) is 0 Å². The van der Waals surface area contributed by atoms with Crippen LogP contribution in [0.1, 0.15) is 17.3 Å². The molecule has 1 aromatic carbocycles. The third-order valence-corrected chi connectivity index (χ3v) is 3.46. The quantitative estimate of drug-likeness (QED) is 0.827. The zero-order valence-electron chi connectivity index (χ0n) is 10.4. The number of rotatable bonds is 3. The van der Waals surface area contributed by atoms with Gasteiger partial charge in [-0.25, -0.2) is 4.39 Å². The number of hydrogen-bond donors (Lipinski definition) is 1. The predicted octanol–water partition coefficient (Wildman–Crippen LogP) is 1.38. The van der Waals surface area contributed by atoms with Gasteiger partial charge >= 0.3 is 0 Å². The molecule has 0 aliphatic carbocycles. The minimum absolute atomic E-state index is 0.0271. The number of hydrogen-bond acceptors (Lipinski definition) is 4. The van der Waals surface area contributed by atoms with Crippen molar-refractivity contribution in [2.24, 2.45) is 11.1 Å². The van der Waals surface area contributed by atoms with Gasteiger partial charge in [0.2, 0.25) is 0 Å². The molecule has 4 nitrogen and oxygen atoms in total.